The van der Waals surface area contributed by atoms with Crippen molar-refractivity contribution >= 4 is 39.0 Å². The molecule has 142 valence electrons. The highest BCUT2D eigenvalue weighted by molar-refractivity contribution is 7.19. The number of ether oxygens (including phenoxy) is 2. The first-order valence-corrected chi connectivity index (χ1v) is 9.88. The highest BCUT2D eigenvalue weighted by Gasteiger charge is 2.18. The summed E-state index contributed by atoms with van der Waals surface area (Å²) in [6, 6.07) is 7.70. The molecule has 7 nitrogen and oxygen atoms in total. The SMILES string of the molecule is Cc1sc2nc(-c3ccno3)nc(NCCc3ccc4c(c3)OCO4)c2c1Cl. The lowest BCUT2D eigenvalue weighted by atomic mass is 10.1. The Morgan fingerprint density at radius 3 is 2.93 bits per heavy atom. The number of hydrogen-bond donors (Lipinski definition) is 1. The highest BCUT2D eigenvalue weighted by Crippen LogP contribution is 2.38. The van der Waals surface area contributed by atoms with Crippen LogP contribution in [0.1, 0.15) is 10.4 Å². The van der Waals surface area contributed by atoms with Crippen molar-refractivity contribution in [2.45, 2.75) is 13.3 Å². The molecule has 0 bridgehead atoms. The summed E-state index contributed by atoms with van der Waals surface area (Å²) in [6.45, 7) is 2.92. The Labute approximate surface area is 169 Å². The third-order valence-corrected chi connectivity index (χ3v) is 6.04. The van der Waals surface area contributed by atoms with E-state index in [0.29, 0.717) is 29.0 Å². The van der Waals surface area contributed by atoms with Crippen LogP contribution >= 0.6 is 22.9 Å². The van der Waals surface area contributed by atoms with Crippen LogP contribution in [0, 0.1) is 6.92 Å². The predicted octanol–water partition coefficient (Wildman–Crippen LogP) is 4.69. The van der Waals surface area contributed by atoms with Crippen molar-refractivity contribution in [1.29, 1.82) is 0 Å². The molecule has 0 saturated carbocycles. The van der Waals surface area contributed by atoms with Gasteiger partial charge < -0.3 is 19.3 Å². The molecule has 4 heterocycles. The van der Waals surface area contributed by atoms with Crippen molar-refractivity contribution < 1.29 is 14.0 Å². The van der Waals surface area contributed by atoms with Crippen molar-refractivity contribution in [3.8, 4) is 23.1 Å². The van der Waals surface area contributed by atoms with E-state index in [1.807, 2.05) is 25.1 Å². The van der Waals surface area contributed by atoms with Gasteiger partial charge in [0.05, 0.1) is 16.6 Å². The van der Waals surface area contributed by atoms with Crippen molar-refractivity contribution in [3.05, 3.63) is 45.9 Å². The van der Waals surface area contributed by atoms with E-state index in [1.165, 1.54) is 11.3 Å². The van der Waals surface area contributed by atoms with Crippen LogP contribution in [0.4, 0.5) is 5.82 Å². The summed E-state index contributed by atoms with van der Waals surface area (Å²) < 4.78 is 16.0. The molecule has 0 saturated heterocycles. The zero-order valence-corrected chi connectivity index (χ0v) is 16.4. The largest absolute Gasteiger partial charge is 0.454 e. The topological polar surface area (TPSA) is 82.3 Å². The number of nitrogens with one attached hydrogen (secondary N) is 1. The van der Waals surface area contributed by atoms with E-state index in [-0.39, 0.29) is 6.79 Å². The van der Waals surface area contributed by atoms with Gasteiger partial charge in [-0.25, -0.2) is 9.97 Å². The van der Waals surface area contributed by atoms with Gasteiger partial charge in [0.2, 0.25) is 18.4 Å². The summed E-state index contributed by atoms with van der Waals surface area (Å²) in [7, 11) is 0. The molecule has 4 aromatic rings. The van der Waals surface area contributed by atoms with Crippen molar-refractivity contribution in [3.63, 3.8) is 0 Å². The van der Waals surface area contributed by atoms with E-state index in [2.05, 4.69) is 20.4 Å². The van der Waals surface area contributed by atoms with Crippen LogP contribution in [0.5, 0.6) is 11.5 Å². The second-order valence-electron chi connectivity index (χ2n) is 6.29. The molecule has 1 aliphatic heterocycles. The maximum Gasteiger partial charge on any atom is 0.231 e. The zero-order chi connectivity index (χ0) is 19.1. The number of hydrogen-bond acceptors (Lipinski definition) is 8. The molecule has 1 N–H and O–H groups in total. The first-order chi connectivity index (χ1) is 13.7. The lowest BCUT2D eigenvalue weighted by molar-refractivity contribution is 0.174. The fraction of sp³-hybridized carbons (Fsp3) is 0.211. The van der Waals surface area contributed by atoms with Gasteiger partial charge in [0.15, 0.2) is 11.5 Å². The van der Waals surface area contributed by atoms with E-state index in [1.54, 1.807) is 12.3 Å². The van der Waals surface area contributed by atoms with Crippen LogP contribution in [0.25, 0.3) is 21.8 Å². The van der Waals surface area contributed by atoms with E-state index >= 15 is 0 Å². The van der Waals surface area contributed by atoms with Gasteiger partial charge in [0, 0.05) is 17.5 Å². The number of aryl methyl sites for hydroxylation is 1. The van der Waals surface area contributed by atoms with Gasteiger partial charge in [0.25, 0.3) is 0 Å². The molecule has 1 aliphatic rings. The molecule has 0 fully saturated rings. The summed E-state index contributed by atoms with van der Waals surface area (Å²) in [6.07, 6.45) is 2.36. The molecule has 0 aliphatic carbocycles. The molecule has 28 heavy (non-hydrogen) atoms. The smallest absolute Gasteiger partial charge is 0.231 e. The lowest BCUT2D eigenvalue weighted by Gasteiger charge is -2.09. The number of aromatic nitrogens is 3. The fourth-order valence-corrected chi connectivity index (χ4v) is 4.33. The maximum atomic E-state index is 6.51. The van der Waals surface area contributed by atoms with Gasteiger partial charge in [-0.3, -0.25) is 0 Å². The zero-order valence-electron chi connectivity index (χ0n) is 14.9. The standard InChI is InChI=1S/C19H15ClN4O3S/c1-10-16(20)15-18(23-17(24-19(15)28-10)13-5-7-22-27-13)21-6-4-11-2-3-12-14(8-11)26-9-25-12/h2-3,5,7-8H,4,6,9H2,1H3,(H,21,23,24). The Kier molecular flexibility index (Phi) is 4.29. The molecule has 3 aromatic heterocycles. The Bertz CT molecular complexity index is 1160. The Morgan fingerprint density at radius 1 is 1.18 bits per heavy atom. The summed E-state index contributed by atoms with van der Waals surface area (Å²) in [4.78, 5) is 11.0. The number of fused-ring (bicyclic) bond motifs is 2. The van der Waals surface area contributed by atoms with E-state index in [4.69, 9.17) is 25.6 Å². The monoisotopic (exact) mass is 414 g/mol. The van der Waals surface area contributed by atoms with Crippen molar-refractivity contribution in [2.24, 2.45) is 0 Å². The average Bonchev–Trinajstić information content (AvgIpc) is 3.43. The maximum absolute atomic E-state index is 6.51. The predicted molar refractivity (Wildman–Crippen MR) is 107 cm³/mol. The molecule has 5 rings (SSSR count). The number of benzene rings is 1. The number of anilines is 1. The minimum absolute atomic E-state index is 0.274. The normalized spacial score (nSPS) is 12.6. The molecule has 0 spiro atoms. The minimum Gasteiger partial charge on any atom is -0.454 e. The third kappa shape index (κ3) is 3.04. The van der Waals surface area contributed by atoms with Crippen LogP contribution in [-0.4, -0.2) is 28.5 Å². The van der Waals surface area contributed by atoms with Gasteiger partial charge in [-0.05, 0) is 31.0 Å². The quantitative estimate of drug-likeness (QED) is 0.507. The molecule has 0 radical (unpaired) electrons. The molecule has 1 aromatic carbocycles. The number of nitrogens with zero attached hydrogens (tertiary/aromatic N) is 3. The lowest BCUT2D eigenvalue weighted by Crippen LogP contribution is -2.07. The van der Waals surface area contributed by atoms with E-state index in [0.717, 1.165) is 38.6 Å². The van der Waals surface area contributed by atoms with Crippen LogP contribution in [0.15, 0.2) is 35.0 Å². The minimum atomic E-state index is 0.274. The molecule has 0 amide bonds. The van der Waals surface area contributed by atoms with Gasteiger partial charge >= 0.3 is 0 Å². The fourth-order valence-electron chi connectivity index (χ4n) is 3.07. The van der Waals surface area contributed by atoms with Crippen LogP contribution in [0.3, 0.4) is 0 Å². The first-order valence-electron chi connectivity index (χ1n) is 8.69. The third-order valence-electron chi connectivity index (χ3n) is 4.46. The number of halogens is 1. The van der Waals surface area contributed by atoms with Crippen LogP contribution < -0.4 is 14.8 Å². The molecular formula is C19H15ClN4O3S. The van der Waals surface area contributed by atoms with E-state index < -0.39 is 0 Å². The first kappa shape index (κ1) is 17.3. The summed E-state index contributed by atoms with van der Waals surface area (Å²) in [5, 5.41) is 8.65. The second kappa shape index (κ2) is 6.96. The molecule has 0 atom stereocenters. The van der Waals surface area contributed by atoms with Crippen LogP contribution in [-0.2, 0) is 6.42 Å². The highest BCUT2D eigenvalue weighted by atomic mass is 35.5. The number of thiophene rings is 1. The molecular weight excluding hydrogens is 400 g/mol. The summed E-state index contributed by atoms with van der Waals surface area (Å²) >= 11 is 8.04. The van der Waals surface area contributed by atoms with Gasteiger partial charge in [-0.15, -0.1) is 11.3 Å². The number of rotatable bonds is 5. The summed E-state index contributed by atoms with van der Waals surface area (Å²) in [5.74, 6) is 3.25. The van der Waals surface area contributed by atoms with Gasteiger partial charge in [-0.1, -0.05) is 22.8 Å². The Hall–Kier alpha value is -2.84. The molecule has 9 heteroatoms. The van der Waals surface area contributed by atoms with Gasteiger partial charge in [-0.2, -0.15) is 0 Å². The average molecular weight is 415 g/mol. The van der Waals surface area contributed by atoms with Crippen LogP contribution in [0.2, 0.25) is 5.02 Å². The van der Waals surface area contributed by atoms with Crippen molar-refractivity contribution in [1.82, 2.24) is 15.1 Å². The Morgan fingerprint density at radius 2 is 2.07 bits per heavy atom. The van der Waals surface area contributed by atoms with E-state index in [9.17, 15) is 0 Å². The second-order valence-corrected chi connectivity index (χ2v) is 7.87. The Balaban J connectivity index is 1.42. The summed E-state index contributed by atoms with van der Waals surface area (Å²) in [5.41, 5.74) is 1.14. The van der Waals surface area contributed by atoms with Crippen molar-refractivity contribution in [2.75, 3.05) is 18.7 Å². The van der Waals surface area contributed by atoms with Gasteiger partial charge in [0.1, 0.15) is 10.6 Å². The molecule has 0 unspecified atom stereocenters.